The molecule has 0 radical (unpaired) electrons. The maximum atomic E-state index is 12.1. The third-order valence-electron chi connectivity index (χ3n) is 4.24. The van der Waals surface area contributed by atoms with E-state index in [0.717, 1.165) is 4.57 Å². The van der Waals surface area contributed by atoms with Crippen molar-refractivity contribution in [3.8, 4) is 0 Å². The minimum Gasteiger partial charge on any atom is -0.394 e. The Morgan fingerprint density at radius 1 is 1.00 bits per heavy atom. The van der Waals surface area contributed by atoms with Gasteiger partial charge in [0.15, 0.2) is 12.5 Å². The molecule has 7 atom stereocenters. The van der Waals surface area contributed by atoms with Gasteiger partial charge in [0.1, 0.15) is 36.3 Å². The molecule has 25 heteroatoms. The Hall–Kier alpha value is -1.23. The number of hydrogen-bond acceptors (Lipinski definition) is 16. The second kappa shape index (κ2) is 13.9. The van der Waals surface area contributed by atoms with Crippen LogP contribution in [-0.4, -0.2) is 120 Å². The van der Waals surface area contributed by atoms with Gasteiger partial charge in [-0.2, -0.15) is 13.6 Å². The van der Waals surface area contributed by atoms with Crippen molar-refractivity contribution in [3.63, 3.8) is 0 Å². The number of nitrogens with one attached hydrogen (secondary N) is 1. The molecule has 0 amide bonds. The zero-order valence-corrected chi connectivity index (χ0v) is 21.3. The number of hydrogen-bond donors (Lipinski definition) is 13. The summed E-state index contributed by atoms with van der Waals surface area (Å²) in [5.41, 5.74) is -0.899. The molecule has 0 aliphatic carbocycles. The van der Waals surface area contributed by atoms with E-state index in [1.54, 1.807) is 0 Å². The maximum absolute atomic E-state index is 12.1. The van der Waals surface area contributed by atoms with E-state index in [-0.39, 0.29) is 5.82 Å². The molecule has 2 rings (SSSR count). The Balaban J connectivity index is 0.000000471. The molecule has 0 aromatic carbocycles. The number of aliphatic hydroxyl groups excluding tert-OH is 7. The number of rotatable bonds is 11. The van der Waals surface area contributed by atoms with Crippen LogP contribution in [0.25, 0.3) is 0 Å². The van der Waals surface area contributed by atoms with E-state index in [4.69, 9.17) is 39.4 Å². The standard InChI is InChI=1S/C13H21N3O9.H5O10P3/c17-3-5(19)8(20)11(23)14-7-1-2-16(13(24)15-7)12-10(22)9(21)6(4-18)25-12;1-11(2,3)9-13(7,8)10-12(4,5)6/h1-2,5-6,8-12,17-23H,3-4H2,(H,14,15,24);(H,7,8)(H2,1,2,3)(H2,4,5,6)/t5-,6-,8-,9-,10-,11?,12-;/m1./s1. The second-order valence-electron chi connectivity index (χ2n) is 7.17. The fourth-order valence-electron chi connectivity index (χ4n) is 2.64. The van der Waals surface area contributed by atoms with E-state index in [1.807, 2.05) is 0 Å². The van der Waals surface area contributed by atoms with E-state index in [2.05, 4.69) is 18.9 Å². The molecule has 0 spiro atoms. The Morgan fingerprint density at radius 3 is 1.92 bits per heavy atom. The number of nitrogens with zero attached hydrogens (tertiary/aromatic N) is 2. The molecule has 0 bridgehead atoms. The van der Waals surface area contributed by atoms with Crippen molar-refractivity contribution < 1.29 is 87.3 Å². The van der Waals surface area contributed by atoms with Gasteiger partial charge in [-0.15, -0.1) is 0 Å². The summed E-state index contributed by atoms with van der Waals surface area (Å²) >= 11 is 0. The first-order valence-electron chi connectivity index (χ1n) is 9.71. The van der Waals surface area contributed by atoms with Crippen LogP contribution in [0.15, 0.2) is 17.1 Å². The SMILES string of the molecule is O=P(O)(O)OP(=O)(O)OP(=O)(O)O.O=c1nc(NC(O)[C@H](O)[C@H](O)CO)ccn1[C@@H]1O[C@H](CO)[C@@H](O)[C@H]1O. The molecule has 222 valence electrons. The molecular formula is C13H26N3O19P3. The van der Waals surface area contributed by atoms with Crippen molar-refractivity contribution in [2.45, 2.75) is 43.0 Å². The fraction of sp³-hybridized carbons (Fsp3) is 0.692. The quantitative estimate of drug-likeness (QED) is 0.0809. The summed E-state index contributed by atoms with van der Waals surface area (Å²) in [7, 11) is -16.2. The van der Waals surface area contributed by atoms with Crippen molar-refractivity contribution in [1.82, 2.24) is 9.55 Å². The average Bonchev–Trinajstić information content (AvgIpc) is 3.03. The lowest BCUT2D eigenvalue weighted by molar-refractivity contribution is -0.0670. The highest BCUT2D eigenvalue weighted by molar-refractivity contribution is 7.66. The van der Waals surface area contributed by atoms with Gasteiger partial charge < -0.3 is 70.3 Å². The smallest absolute Gasteiger partial charge is 0.394 e. The van der Waals surface area contributed by atoms with Crippen LogP contribution < -0.4 is 11.0 Å². The van der Waals surface area contributed by atoms with Crippen LogP contribution in [0.3, 0.4) is 0 Å². The summed E-state index contributed by atoms with van der Waals surface area (Å²) in [5, 5.41) is 68.1. The molecule has 2 heterocycles. The third-order valence-corrected chi connectivity index (χ3v) is 7.59. The zero-order chi connectivity index (χ0) is 29.6. The van der Waals surface area contributed by atoms with Crippen molar-refractivity contribution in [2.24, 2.45) is 0 Å². The topological polar surface area (TPSA) is 369 Å². The highest BCUT2D eigenvalue weighted by Gasteiger charge is 2.44. The highest BCUT2D eigenvalue weighted by atomic mass is 31.3. The summed E-state index contributed by atoms with van der Waals surface area (Å²) in [6, 6.07) is 1.22. The first kappa shape index (κ1) is 34.8. The minimum atomic E-state index is -5.46. The van der Waals surface area contributed by atoms with Crippen LogP contribution in [0.4, 0.5) is 5.82 Å². The van der Waals surface area contributed by atoms with E-state index in [9.17, 15) is 44.0 Å². The molecular weight excluding hydrogens is 595 g/mol. The van der Waals surface area contributed by atoms with E-state index in [1.165, 1.54) is 12.3 Å². The van der Waals surface area contributed by atoms with Crippen LogP contribution in [0.5, 0.6) is 0 Å². The molecule has 1 aliphatic heterocycles. The van der Waals surface area contributed by atoms with Gasteiger partial charge in [-0.05, 0) is 6.07 Å². The Morgan fingerprint density at radius 2 is 1.53 bits per heavy atom. The molecule has 1 fully saturated rings. The van der Waals surface area contributed by atoms with Gasteiger partial charge in [0.2, 0.25) is 0 Å². The van der Waals surface area contributed by atoms with Gasteiger partial charge in [0, 0.05) is 6.20 Å². The summed E-state index contributed by atoms with van der Waals surface area (Å²) in [6.45, 7) is -1.33. The molecule has 0 saturated carbocycles. The zero-order valence-electron chi connectivity index (χ0n) is 18.6. The largest absolute Gasteiger partial charge is 0.490 e. The van der Waals surface area contributed by atoms with Gasteiger partial charge in [0.05, 0.1) is 13.2 Å². The Kier molecular flexibility index (Phi) is 12.7. The van der Waals surface area contributed by atoms with Gasteiger partial charge in [0.25, 0.3) is 0 Å². The van der Waals surface area contributed by atoms with E-state index in [0.29, 0.717) is 0 Å². The van der Waals surface area contributed by atoms with Crippen LogP contribution in [0, 0.1) is 0 Å². The Labute approximate surface area is 211 Å². The molecule has 1 aliphatic rings. The van der Waals surface area contributed by atoms with Crippen molar-refractivity contribution in [3.05, 3.63) is 22.7 Å². The molecule has 1 aromatic rings. The summed E-state index contributed by atoms with van der Waals surface area (Å²) in [6.07, 6.45) is -9.01. The fourth-order valence-corrected chi connectivity index (χ4v) is 5.17. The summed E-state index contributed by atoms with van der Waals surface area (Å²) in [5.74, 6) is -0.148. The van der Waals surface area contributed by atoms with Crippen molar-refractivity contribution in [1.29, 1.82) is 0 Å². The van der Waals surface area contributed by atoms with Crippen molar-refractivity contribution in [2.75, 3.05) is 18.5 Å². The normalized spacial score (nSPS) is 24.7. The number of phosphoric acid groups is 3. The number of aliphatic hydroxyl groups is 7. The molecule has 1 aromatic heterocycles. The average molecular weight is 621 g/mol. The number of anilines is 1. The number of ether oxygens (including phenoxy) is 1. The molecule has 1 saturated heterocycles. The summed E-state index contributed by atoms with van der Waals surface area (Å²) in [4.78, 5) is 55.8. The lowest BCUT2D eigenvalue weighted by Crippen LogP contribution is -2.44. The minimum absolute atomic E-state index is 0.148. The molecule has 13 N–H and O–H groups in total. The first-order chi connectivity index (χ1) is 17.2. The van der Waals surface area contributed by atoms with Gasteiger partial charge in [-0.25, -0.2) is 18.5 Å². The second-order valence-corrected chi connectivity index (χ2v) is 11.4. The van der Waals surface area contributed by atoms with Gasteiger partial charge >= 0.3 is 29.2 Å². The molecule has 38 heavy (non-hydrogen) atoms. The highest BCUT2D eigenvalue weighted by Crippen LogP contribution is 2.64. The van der Waals surface area contributed by atoms with Crippen LogP contribution in [-0.2, 0) is 27.1 Å². The van der Waals surface area contributed by atoms with E-state index >= 15 is 0 Å². The van der Waals surface area contributed by atoms with Gasteiger partial charge in [-0.1, -0.05) is 0 Å². The predicted molar refractivity (Wildman–Crippen MR) is 116 cm³/mol. The van der Waals surface area contributed by atoms with Gasteiger partial charge in [-0.3, -0.25) is 4.57 Å². The van der Waals surface area contributed by atoms with Crippen molar-refractivity contribution >= 4 is 29.3 Å². The van der Waals surface area contributed by atoms with Crippen LogP contribution in [0.2, 0.25) is 0 Å². The maximum Gasteiger partial charge on any atom is 0.490 e. The third kappa shape index (κ3) is 11.1. The lowest BCUT2D eigenvalue weighted by Gasteiger charge is -2.23. The van der Waals surface area contributed by atoms with Crippen LogP contribution in [0.1, 0.15) is 6.23 Å². The summed E-state index contributed by atoms with van der Waals surface area (Å²) < 4.78 is 42.5. The van der Waals surface area contributed by atoms with E-state index < -0.39 is 85.3 Å². The molecule has 22 nitrogen and oxygen atoms in total. The first-order valence-corrected chi connectivity index (χ1v) is 14.3. The predicted octanol–water partition coefficient (Wildman–Crippen LogP) is -5.40. The molecule has 1 unspecified atom stereocenters. The van der Waals surface area contributed by atoms with Crippen LogP contribution >= 0.6 is 23.5 Å². The lowest BCUT2D eigenvalue weighted by atomic mass is 10.1. The Bertz CT molecular complexity index is 1080. The number of aromatic nitrogens is 2. The monoisotopic (exact) mass is 621 g/mol.